The summed E-state index contributed by atoms with van der Waals surface area (Å²) in [4.78, 5) is 14.2. The second kappa shape index (κ2) is 6.25. The summed E-state index contributed by atoms with van der Waals surface area (Å²) in [6, 6.07) is 13.6. The Kier molecular flexibility index (Phi) is 3.80. The lowest BCUT2D eigenvalue weighted by Gasteiger charge is -2.06. The zero-order valence-electron chi connectivity index (χ0n) is 12.9. The molecule has 0 fully saturated rings. The summed E-state index contributed by atoms with van der Waals surface area (Å²) < 4.78 is 5.83. The molecule has 4 heterocycles. The van der Waals surface area contributed by atoms with Crippen molar-refractivity contribution in [2.24, 2.45) is 0 Å². The molecule has 0 bridgehead atoms. The maximum absolute atomic E-state index is 5.83. The molecule has 0 aliphatic heterocycles. The van der Waals surface area contributed by atoms with Gasteiger partial charge in [0.15, 0.2) is 5.76 Å². The molecule has 6 heteroatoms. The highest BCUT2D eigenvalue weighted by Crippen LogP contribution is 2.28. The molecule has 4 aromatic rings. The molecule has 118 valence electrons. The molecule has 0 atom stereocenters. The molecule has 24 heavy (non-hydrogen) atoms. The Morgan fingerprint density at radius 2 is 2.00 bits per heavy atom. The molecule has 0 spiro atoms. The van der Waals surface area contributed by atoms with E-state index in [-0.39, 0.29) is 0 Å². The van der Waals surface area contributed by atoms with Gasteiger partial charge in [0.1, 0.15) is 17.3 Å². The summed E-state index contributed by atoms with van der Waals surface area (Å²) in [6.07, 6.45) is 3.47. The standard InChI is InChI=1S/C18H14N4OS/c1-12-7-8-19-17(10-12)22-16-6-2-4-13(21-16)14-11-20-18(23-14)15-5-3-9-24-15/h2-11H,1H3,(H,19,21,22). The highest BCUT2D eigenvalue weighted by Gasteiger charge is 2.11. The topological polar surface area (TPSA) is 63.8 Å². The van der Waals surface area contributed by atoms with Crippen molar-refractivity contribution in [3.05, 3.63) is 65.8 Å². The van der Waals surface area contributed by atoms with Gasteiger partial charge in [0.05, 0.1) is 11.1 Å². The van der Waals surface area contributed by atoms with Crippen LogP contribution in [-0.2, 0) is 0 Å². The average Bonchev–Trinajstić information content (AvgIpc) is 3.27. The van der Waals surface area contributed by atoms with Crippen LogP contribution in [0.15, 0.2) is 64.7 Å². The van der Waals surface area contributed by atoms with Crippen LogP contribution in [0.1, 0.15) is 5.56 Å². The van der Waals surface area contributed by atoms with E-state index in [1.165, 1.54) is 0 Å². The lowest BCUT2D eigenvalue weighted by atomic mass is 10.3. The Labute approximate surface area is 143 Å². The number of nitrogens with zero attached hydrogens (tertiary/aromatic N) is 3. The maximum Gasteiger partial charge on any atom is 0.236 e. The summed E-state index contributed by atoms with van der Waals surface area (Å²) >= 11 is 1.59. The molecule has 0 aromatic carbocycles. The van der Waals surface area contributed by atoms with E-state index in [0.29, 0.717) is 17.5 Å². The Hall–Kier alpha value is -2.99. The molecule has 0 saturated heterocycles. The van der Waals surface area contributed by atoms with E-state index in [1.807, 2.05) is 54.8 Å². The van der Waals surface area contributed by atoms with Crippen molar-refractivity contribution < 1.29 is 4.42 Å². The summed E-state index contributed by atoms with van der Waals surface area (Å²) in [7, 11) is 0. The Bertz CT molecular complexity index is 963. The molecule has 4 aromatic heterocycles. The average molecular weight is 334 g/mol. The summed E-state index contributed by atoms with van der Waals surface area (Å²) in [5, 5.41) is 5.20. The number of hydrogen-bond donors (Lipinski definition) is 1. The monoisotopic (exact) mass is 334 g/mol. The molecule has 0 aliphatic rings. The first kappa shape index (κ1) is 14.6. The second-order valence-electron chi connectivity index (χ2n) is 5.26. The number of thiophene rings is 1. The van der Waals surface area contributed by atoms with E-state index in [9.17, 15) is 0 Å². The number of hydrogen-bond acceptors (Lipinski definition) is 6. The third-order valence-corrected chi connectivity index (χ3v) is 4.27. The third kappa shape index (κ3) is 3.04. The third-order valence-electron chi connectivity index (χ3n) is 3.41. The largest absolute Gasteiger partial charge is 0.434 e. The number of rotatable bonds is 4. The van der Waals surface area contributed by atoms with Crippen LogP contribution in [0.5, 0.6) is 0 Å². The van der Waals surface area contributed by atoms with Gasteiger partial charge in [0.25, 0.3) is 0 Å². The molecule has 0 aliphatic carbocycles. The van der Waals surface area contributed by atoms with E-state index in [2.05, 4.69) is 20.3 Å². The van der Waals surface area contributed by atoms with Crippen LogP contribution in [-0.4, -0.2) is 15.0 Å². The van der Waals surface area contributed by atoms with E-state index in [0.717, 1.165) is 22.0 Å². The van der Waals surface area contributed by atoms with Crippen molar-refractivity contribution in [2.45, 2.75) is 6.92 Å². The summed E-state index contributed by atoms with van der Waals surface area (Å²) in [5.74, 6) is 2.72. The van der Waals surface area contributed by atoms with Gasteiger partial charge in [-0.1, -0.05) is 12.1 Å². The first-order valence-corrected chi connectivity index (χ1v) is 8.33. The lowest BCUT2D eigenvalue weighted by molar-refractivity contribution is 0.588. The fourth-order valence-electron chi connectivity index (χ4n) is 2.28. The van der Waals surface area contributed by atoms with Crippen molar-refractivity contribution in [3.63, 3.8) is 0 Å². The van der Waals surface area contributed by atoms with Crippen molar-refractivity contribution >= 4 is 23.0 Å². The minimum Gasteiger partial charge on any atom is -0.434 e. The van der Waals surface area contributed by atoms with Crippen LogP contribution in [0.4, 0.5) is 11.6 Å². The number of aromatic nitrogens is 3. The normalized spacial score (nSPS) is 10.7. The van der Waals surface area contributed by atoms with Crippen LogP contribution >= 0.6 is 11.3 Å². The highest BCUT2D eigenvalue weighted by molar-refractivity contribution is 7.13. The smallest absolute Gasteiger partial charge is 0.236 e. The van der Waals surface area contributed by atoms with Crippen LogP contribution in [0, 0.1) is 6.92 Å². The van der Waals surface area contributed by atoms with Gasteiger partial charge in [-0.05, 0) is 48.2 Å². The van der Waals surface area contributed by atoms with Gasteiger partial charge in [-0.25, -0.2) is 15.0 Å². The zero-order chi connectivity index (χ0) is 16.4. The van der Waals surface area contributed by atoms with Gasteiger partial charge < -0.3 is 9.73 Å². The first-order chi connectivity index (χ1) is 11.8. The quantitative estimate of drug-likeness (QED) is 0.574. The fraction of sp³-hybridized carbons (Fsp3) is 0.0556. The predicted octanol–water partition coefficient (Wildman–Crippen LogP) is 4.91. The second-order valence-corrected chi connectivity index (χ2v) is 6.21. The molecular weight excluding hydrogens is 320 g/mol. The van der Waals surface area contributed by atoms with Gasteiger partial charge in [0, 0.05) is 6.20 Å². The Morgan fingerprint density at radius 1 is 1.04 bits per heavy atom. The minimum absolute atomic E-state index is 0.612. The van der Waals surface area contributed by atoms with Gasteiger partial charge >= 0.3 is 0 Å². The van der Waals surface area contributed by atoms with Gasteiger partial charge in [-0.3, -0.25) is 0 Å². The number of anilines is 2. The molecule has 4 rings (SSSR count). The number of nitrogens with one attached hydrogen (secondary N) is 1. The van der Waals surface area contributed by atoms with Gasteiger partial charge in [-0.2, -0.15) is 0 Å². The molecule has 0 saturated carbocycles. The Balaban J connectivity index is 1.61. The molecular formula is C18H14N4OS. The van der Waals surface area contributed by atoms with Crippen molar-refractivity contribution in [2.75, 3.05) is 5.32 Å². The molecule has 5 nitrogen and oxygen atoms in total. The molecule has 0 unspecified atom stereocenters. The maximum atomic E-state index is 5.83. The number of aryl methyl sites for hydroxylation is 1. The van der Waals surface area contributed by atoms with Crippen LogP contribution in [0.3, 0.4) is 0 Å². The van der Waals surface area contributed by atoms with E-state index < -0.39 is 0 Å². The molecule has 1 N–H and O–H groups in total. The van der Waals surface area contributed by atoms with Gasteiger partial charge in [0.2, 0.25) is 5.89 Å². The lowest BCUT2D eigenvalue weighted by Crippen LogP contribution is -1.96. The molecule has 0 amide bonds. The van der Waals surface area contributed by atoms with E-state index >= 15 is 0 Å². The van der Waals surface area contributed by atoms with Crippen molar-refractivity contribution in [1.82, 2.24) is 15.0 Å². The summed E-state index contributed by atoms with van der Waals surface area (Å²) in [6.45, 7) is 2.03. The fourth-order valence-corrected chi connectivity index (χ4v) is 2.94. The first-order valence-electron chi connectivity index (χ1n) is 7.45. The SMILES string of the molecule is Cc1ccnc(Nc2cccc(-c3cnc(-c4cccs4)o3)n2)c1. The highest BCUT2D eigenvalue weighted by atomic mass is 32.1. The summed E-state index contributed by atoms with van der Waals surface area (Å²) in [5.41, 5.74) is 1.86. The van der Waals surface area contributed by atoms with Gasteiger partial charge in [-0.15, -0.1) is 11.3 Å². The predicted molar refractivity (Wildman–Crippen MR) is 95.3 cm³/mol. The Morgan fingerprint density at radius 3 is 2.83 bits per heavy atom. The molecule has 0 radical (unpaired) electrons. The van der Waals surface area contributed by atoms with Crippen molar-refractivity contribution in [1.29, 1.82) is 0 Å². The zero-order valence-corrected chi connectivity index (χ0v) is 13.7. The van der Waals surface area contributed by atoms with Crippen LogP contribution in [0.25, 0.3) is 22.2 Å². The minimum atomic E-state index is 0.612. The van der Waals surface area contributed by atoms with Crippen molar-refractivity contribution in [3.8, 4) is 22.2 Å². The van der Waals surface area contributed by atoms with Crippen LogP contribution < -0.4 is 5.32 Å². The van der Waals surface area contributed by atoms with E-state index in [4.69, 9.17) is 4.42 Å². The van der Waals surface area contributed by atoms with E-state index in [1.54, 1.807) is 23.7 Å². The number of pyridine rings is 2. The van der Waals surface area contributed by atoms with Crippen LogP contribution in [0.2, 0.25) is 0 Å². The number of oxazole rings is 1.